The first-order chi connectivity index (χ1) is 15.1. The number of hydrogen-bond donors (Lipinski definition) is 1. The summed E-state index contributed by atoms with van der Waals surface area (Å²) in [6, 6.07) is 18.3. The van der Waals surface area contributed by atoms with Gasteiger partial charge in [0.15, 0.2) is 0 Å². The highest BCUT2D eigenvalue weighted by molar-refractivity contribution is 7.10. The van der Waals surface area contributed by atoms with Crippen molar-refractivity contribution in [2.45, 2.75) is 18.5 Å². The summed E-state index contributed by atoms with van der Waals surface area (Å²) in [4.78, 5) is 29.6. The summed E-state index contributed by atoms with van der Waals surface area (Å²) in [6.07, 6.45) is 0. The topological polar surface area (TPSA) is 58.6 Å². The lowest BCUT2D eigenvalue weighted by molar-refractivity contribution is -0.124. The van der Waals surface area contributed by atoms with E-state index in [1.54, 1.807) is 35.5 Å². The van der Waals surface area contributed by atoms with Crippen LogP contribution in [-0.4, -0.2) is 37.0 Å². The molecule has 4 rings (SSSR count). The van der Waals surface area contributed by atoms with Crippen LogP contribution in [0.1, 0.15) is 38.3 Å². The third kappa shape index (κ3) is 4.51. The number of methoxy groups -OCH3 is 1. The molecule has 1 aliphatic heterocycles. The smallest absolute Gasteiger partial charge is 0.254 e. The van der Waals surface area contributed by atoms with Crippen LogP contribution in [0.25, 0.3) is 0 Å². The van der Waals surface area contributed by atoms with Crippen molar-refractivity contribution in [3.05, 3.63) is 92.6 Å². The lowest BCUT2D eigenvalue weighted by Gasteiger charge is -2.41. The third-order valence-corrected chi connectivity index (χ3v) is 6.63. The van der Waals surface area contributed by atoms with Gasteiger partial charge in [-0.2, -0.15) is 0 Å². The van der Waals surface area contributed by atoms with Crippen LogP contribution in [0.4, 0.5) is 0 Å². The highest BCUT2D eigenvalue weighted by Crippen LogP contribution is 2.44. The number of carbonyl (C=O) groups excluding carboxylic acids is 2. The van der Waals surface area contributed by atoms with Crippen molar-refractivity contribution in [2.75, 3.05) is 20.3 Å². The van der Waals surface area contributed by atoms with E-state index in [4.69, 9.17) is 16.3 Å². The van der Waals surface area contributed by atoms with Crippen LogP contribution in [0.2, 0.25) is 5.02 Å². The van der Waals surface area contributed by atoms with Crippen LogP contribution >= 0.6 is 22.9 Å². The Morgan fingerprint density at radius 1 is 1.16 bits per heavy atom. The average Bonchev–Trinajstić information content (AvgIpc) is 3.31. The molecule has 0 spiro atoms. The summed E-state index contributed by atoms with van der Waals surface area (Å²) < 4.78 is 5.26. The molecular weight excluding hydrogens is 432 g/mol. The molecule has 2 aromatic carbocycles. The second-order valence-electron chi connectivity index (χ2n) is 7.36. The van der Waals surface area contributed by atoms with Crippen molar-refractivity contribution in [2.24, 2.45) is 0 Å². The van der Waals surface area contributed by atoms with Crippen LogP contribution in [0.5, 0.6) is 0 Å². The molecule has 160 valence electrons. The van der Waals surface area contributed by atoms with Crippen LogP contribution < -0.4 is 5.32 Å². The number of thiophene rings is 1. The average molecular weight is 455 g/mol. The molecule has 7 heteroatoms. The van der Waals surface area contributed by atoms with E-state index < -0.39 is 12.0 Å². The zero-order chi connectivity index (χ0) is 21.8. The molecule has 0 fully saturated rings. The minimum atomic E-state index is -0.524. The van der Waals surface area contributed by atoms with E-state index in [0.717, 1.165) is 16.0 Å². The standard InChI is InChI=1S/C24H23ClN2O3S/c1-30-12-11-27-22(20-10-5-13-31-20)21(18-8-2-3-9-19(18)24(27)29)23(28)26-15-16-6-4-7-17(25)14-16/h2-10,13-14,21-22H,11-12,15H2,1H3,(H,26,28)/t21-,22+/m0/s1. The first-order valence-corrected chi connectivity index (χ1v) is 11.3. The number of benzene rings is 2. The predicted molar refractivity (Wildman–Crippen MR) is 122 cm³/mol. The van der Waals surface area contributed by atoms with Gasteiger partial charge in [0.1, 0.15) is 0 Å². The van der Waals surface area contributed by atoms with Gasteiger partial charge in [0.25, 0.3) is 5.91 Å². The molecule has 0 saturated heterocycles. The van der Waals surface area contributed by atoms with Gasteiger partial charge in [-0.1, -0.05) is 48.0 Å². The highest BCUT2D eigenvalue weighted by Gasteiger charge is 2.44. The Hall–Kier alpha value is -2.67. The number of rotatable bonds is 7. The normalized spacial score (nSPS) is 18.0. The largest absolute Gasteiger partial charge is 0.383 e. The lowest BCUT2D eigenvalue weighted by atomic mass is 9.81. The predicted octanol–water partition coefficient (Wildman–Crippen LogP) is 4.65. The molecule has 0 unspecified atom stereocenters. The molecule has 31 heavy (non-hydrogen) atoms. The Kier molecular flexibility index (Phi) is 6.70. The second-order valence-corrected chi connectivity index (χ2v) is 8.78. The molecule has 1 aliphatic rings. The molecule has 0 saturated carbocycles. The zero-order valence-corrected chi connectivity index (χ0v) is 18.7. The van der Waals surface area contributed by atoms with Crippen molar-refractivity contribution >= 4 is 34.8 Å². The summed E-state index contributed by atoms with van der Waals surface area (Å²) in [5.74, 6) is -0.728. The zero-order valence-electron chi connectivity index (χ0n) is 17.1. The summed E-state index contributed by atoms with van der Waals surface area (Å²) in [5, 5.41) is 5.65. The SMILES string of the molecule is COCCN1C(=O)c2ccccc2[C@H](C(=O)NCc2cccc(Cl)c2)[C@H]1c1cccs1. The number of fused-ring (bicyclic) bond motifs is 1. The monoisotopic (exact) mass is 454 g/mol. The minimum Gasteiger partial charge on any atom is -0.383 e. The number of carbonyl (C=O) groups is 2. The quantitative estimate of drug-likeness (QED) is 0.565. The van der Waals surface area contributed by atoms with Crippen LogP contribution in [0, 0.1) is 0 Å². The number of ether oxygens (including phenoxy) is 1. The highest BCUT2D eigenvalue weighted by atomic mass is 35.5. The van der Waals surface area contributed by atoms with Gasteiger partial charge in [0.05, 0.1) is 18.6 Å². The maximum atomic E-state index is 13.5. The molecule has 3 aromatic rings. The van der Waals surface area contributed by atoms with E-state index in [1.807, 2.05) is 53.9 Å². The molecule has 1 aromatic heterocycles. The van der Waals surface area contributed by atoms with Gasteiger partial charge in [0.2, 0.25) is 5.91 Å². The number of nitrogens with one attached hydrogen (secondary N) is 1. The molecule has 0 radical (unpaired) electrons. The molecule has 0 bridgehead atoms. The number of amides is 2. The van der Waals surface area contributed by atoms with Crippen LogP contribution in [0.3, 0.4) is 0 Å². The van der Waals surface area contributed by atoms with Crippen molar-refractivity contribution < 1.29 is 14.3 Å². The molecule has 1 N–H and O–H groups in total. The second kappa shape index (κ2) is 9.64. The van der Waals surface area contributed by atoms with Crippen LogP contribution in [0.15, 0.2) is 66.0 Å². The first-order valence-electron chi connectivity index (χ1n) is 10.0. The third-order valence-electron chi connectivity index (χ3n) is 5.45. The van der Waals surface area contributed by atoms with Gasteiger partial charge in [-0.15, -0.1) is 11.3 Å². The van der Waals surface area contributed by atoms with Crippen molar-refractivity contribution in [3.8, 4) is 0 Å². The van der Waals surface area contributed by atoms with Gasteiger partial charge in [-0.25, -0.2) is 0 Å². The van der Waals surface area contributed by atoms with E-state index in [0.29, 0.717) is 30.3 Å². The lowest BCUT2D eigenvalue weighted by Crippen LogP contribution is -2.48. The number of halogens is 1. The molecule has 5 nitrogen and oxygen atoms in total. The van der Waals surface area contributed by atoms with E-state index in [9.17, 15) is 9.59 Å². The summed E-state index contributed by atoms with van der Waals surface area (Å²) >= 11 is 7.63. The Balaban J connectivity index is 1.71. The van der Waals surface area contributed by atoms with Gasteiger partial charge in [0, 0.05) is 35.7 Å². The molecule has 2 atom stereocenters. The van der Waals surface area contributed by atoms with E-state index >= 15 is 0 Å². The van der Waals surface area contributed by atoms with Gasteiger partial charge < -0.3 is 15.0 Å². The minimum absolute atomic E-state index is 0.0788. The summed E-state index contributed by atoms with van der Waals surface area (Å²) in [5.41, 5.74) is 2.24. The Morgan fingerprint density at radius 3 is 2.74 bits per heavy atom. The van der Waals surface area contributed by atoms with Gasteiger partial charge >= 0.3 is 0 Å². The summed E-state index contributed by atoms with van der Waals surface area (Å²) in [7, 11) is 1.61. The fourth-order valence-electron chi connectivity index (χ4n) is 4.03. The van der Waals surface area contributed by atoms with Gasteiger partial charge in [-0.3, -0.25) is 9.59 Å². The number of hydrogen-bond acceptors (Lipinski definition) is 4. The van der Waals surface area contributed by atoms with Crippen molar-refractivity contribution in [1.82, 2.24) is 10.2 Å². The Labute approximate surface area is 190 Å². The van der Waals surface area contributed by atoms with Crippen molar-refractivity contribution in [3.63, 3.8) is 0 Å². The molecule has 0 aliphatic carbocycles. The fourth-order valence-corrected chi connectivity index (χ4v) is 5.12. The van der Waals surface area contributed by atoms with E-state index in [1.165, 1.54) is 0 Å². The molecular formula is C24H23ClN2O3S. The van der Waals surface area contributed by atoms with Gasteiger partial charge in [-0.05, 0) is 40.8 Å². The van der Waals surface area contributed by atoms with Crippen molar-refractivity contribution in [1.29, 1.82) is 0 Å². The Morgan fingerprint density at radius 2 is 2.00 bits per heavy atom. The molecule has 2 heterocycles. The Bertz CT molecular complexity index is 1070. The maximum absolute atomic E-state index is 13.5. The van der Waals surface area contributed by atoms with Crippen LogP contribution in [-0.2, 0) is 16.1 Å². The fraction of sp³-hybridized carbons (Fsp3) is 0.250. The summed E-state index contributed by atoms with van der Waals surface area (Å²) in [6.45, 7) is 1.16. The molecule has 2 amide bonds. The van der Waals surface area contributed by atoms with E-state index in [2.05, 4.69) is 5.32 Å². The number of nitrogens with zero attached hydrogens (tertiary/aromatic N) is 1. The maximum Gasteiger partial charge on any atom is 0.254 e. The van der Waals surface area contributed by atoms with E-state index in [-0.39, 0.29) is 11.8 Å². The first kappa shape index (κ1) is 21.6.